The van der Waals surface area contributed by atoms with Crippen LogP contribution in [0.4, 0.5) is 4.39 Å². The van der Waals surface area contributed by atoms with Crippen molar-refractivity contribution in [1.29, 1.82) is 0 Å². The minimum Gasteiger partial charge on any atom is -0.349 e. The molecule has 3 rings (SSSR count). The van der Waals surface area contributed by atoms with Gasteiger partial charge in [-0.25, -0.2) is 4.39 Å². The van der Waals surface area contributed by atoms with Gasteiger partial charge in [0.15, 0.2) is 0 Å². The highest BCUT2D eigenvalue weighted by atomic mass is 35.5. The van der Waals surface area contributed by atoms with Crippen LogP contribution in [-0.2, 0) is 17.0 Å². The van der Waals surface area contributed by atoms with Crippen molar-refractivity contribution in [1.82, 2.24) is 10.3 Å². The van der Waals surface area contributed by atoms with E-state index in [1.54, 1.807) is 48.3 Å². The summed E-state index contributed by atoms with van der Waals surface area (Å²) < 4.78 is 15.6. The maximum absolute atomic E-state index is 15.6. The molecule has 7 heteroatoms. The van der Waals surface area contributed by atoms with Crippen LogP contribution in [0.2, 0.25) is 10.0 Å². The van der Waals surface area contributed by atoms with Gasteiger partial charge in [-0.2, -0.15) is 11.8 Å². The predicted molar refractivity (Wildman–Crippen MR) is 101 cm³/mol. The Labute approximate surface area is 160 Å². The number of halogens is 3. The maximum atomic E-state index is 15.6. The van der Waals surface area contributed by atoms with Gasteiger partial charge in [0.05, 0.1) is 5.69 Å². The second-order valence-electron chi connectivity index (χ2n) is 5.92. The fraction of sp³-hybridized carbons (Fsp3) is 0.333. The number of thioether (sulfide) groups is 1. The van der Waals surface area contributed by atoms with Crippen LogP contribution in [0.15, 0.2) is 36.5 Å². The molecule has 1 aromatic heterocycles. The Bertz CT molecular complexity index is 804. The molecule has 1 N–H and O–H groups in total. The van der Waals surface area contributed by atoms with Gasteiger partial charge in [-0.15, -0.1) is 0 Å². The van der Waals surface area contributed by atoms with E-state index in [1.165, 1.54) is 0 Å². The molecular formula is C18H17Cl2FN2OS. The van der Waals surface area contributed by atoms with E-state index in [0.717, 1.165) is 0 Å². The molecule has 0 saturated heterocycles. The van der Waals surface area contributed by atoms with E-state index < -0.39 is 11.6 Å². The summed E-state index contributed by atoms with van der Waals surface area (Å²) in [5, 5.41) is 3.73. The molecule has 1 heterocycles. The molecule has 132 valence electrons. The molecule has 3 nitrogen and oxygen atoms in total. The lowest BCUT2D eigenvalue weighted by Crippen LogP contribution is -2.43. The van der Waals surface area contributed by atoms with Crippen molar-refractivity contribution in [3.8, 4) is 0 Å². The Morgan fingerprint density at radius 2 is 2.24 bits per heavy atom. The van der Waals surface area contributed by atoms with Crippen molar-refractivity contribution in [3.63, 3.8) is 0 Å². The smallest absolute Gasteiger partial charge is 0.262 e. The first kappa shape index (κ1) is 18.5. The Morgan fingerprint density at radius 3 is 2.96 bits per heavy atom. The molecule has 0 bridgehead atoms. The number of nitrogens with one attached hydrogen (secondary N) is 1. The third-order valence-corrected chi connectivity index (χ3v) is 6.04. The SMILES string of the molecule is CSC1CCC(F)(C(=O)NCc2ccc(Cl)cc2Cl)c2cccnc21. The van der Waals surface area contributed by atoms with Crippen molar-refractivity contribution >= 4 is 40.9 Å². The van der Waals surface area contributed by atoms with Gasteiger partial charge in [0.2, 0.25) is 5.67 Å². The van der Waals surface area contributed by atoms with E-state index in [9.17, 15) is 4.79 Å². The topological polar surface area (TPSA) is 42.0 Å². The summed E-state index contributed by atoms with van der Waals surface area (Å²) in [5.74, 6) is -0.660. The predicted octanol–water partition coefficient (Wildman–Crippen LogP) is 5.07. The first-order valence-corrected chi connectivity index (χ1v) is 9.89. The zero-order valence-corrected chi connectivity index (χ0v) is 15.9. The van der Waals surface area contributed by atoms with Gasteiger partial charge in [-0.05, 0) is 42.9 Å². The number of rotatable bonds is 4. The van der Waals surface area contributed by atoms with E-state index >= 15 is 4.39 Å². The molecule has 0 aliphatic heterocycles. The molecule has 0 spiro atoms. The largest absolute Gasteiger partial charge is 0.349 e. The Morgan fingerprint density at radius 1 is 1.44 bits per heavy atom. The summed E-state index contributed by atoms with van der Waals surface area (Å²) in [6.45, 7) is 0.141. The van der Waals surface area contributed by atoms with Gasteiger partial charge in [0.25, 0.3) is 5.91 Å². The van der Waals surface area contributed by atoms with Crippen LogP contribution in [-0.4, -0.2) is 17.1 Å². The molecule has 25 heavy (non-hydrogen) atoms. The number of benzene rings is 1. The summed E-state index contributed by atoms with van der Waals surface area (Å²) in [5.41, 5.74) is -0.370. The monoisotopic (exact) mass is 398 g/mol. The second-order valence-corrected chi connectivity index (χ2v) is 7.80. The van der Waals surface area contributed by atoms with Crippen LogP contribution in [0.25, 0.3) is 0 Å². The van der Waals surface area contributed by atoms with Crippen LogP contribution in [0.3, 0.4) is 0 Å². The number of fused-ring (bicyclic) bond motifs is 1. The highest BCUT2D eigenvalue weighted by Crippen LogP contribution is 2.46. The van der Waals surface area contributed by atoms with E-state index in [-0.39, 0.29) is 18.2 Å². The van der Waals surface area contributed by atoms with Crippen molar-refractivity contribution in [2.75, 3.05) is 6.26 Å². The van der Waals surface area contributed by atoms with Crippen molar-refractivity contribution in [2.24, 2.45) is 0 Å². The average Bonchev–Trinajstić information content (AvgIpc) is 2.61. The van der Waals surface area contributed by atoms with Gasteiger partial charge in [-0.1, -0.05) is 35.3 Å². The summed E-state index contributed by atoms with van der Waals surface area (Å²) in [4.78, 5) is 17.0. The number of pyridine rings is 1. The standard InChI is InChI=1S/C18H17Cl2FN2OS/c1-25-15-6-7-18(21,13-3-2-8-22-16(13)15)17(24)23-10-11-4-5-12(19)9-14(11)20/h2-5,8-9,15H,6-7,10H2,1H3,(H,23,24). The molecular weight excluding hydrogens is 382 g/mol. The Kier molecular flexibility index (Phi) is 5.56. The van der Waals surface area contributed by atoms with Crippen molar-refractivity contribution in [2.45, 2.75) is 30.3 Å². The highest BCUT2D eigenvalue weighted by Gasteiger charge is 2.46. The van der Waals surface area contributed by atoms with Gasteiger partial charge < -0.3 is 5.32 Å². The third-order valence-electron chi connectivity index (χ3n) is 4.42. The summed E-state index contributed by atoms with van der Waals surface area (Å²) in [6, 6.07) is 8.32. The zero-order chi connectivity index (χ0) is 18.0. The number of amides is 1. The van der Waals surface area contributed by atoms with Crippen LogP contribution in [0.5, 0.6) is 0 Å². The lowest BCUT2D eigenvalue weighted by Gasteiger charge is -2.33. The Balaban J connectivity index is 1.81. The minimum atomic E-state index is -2.07. The van der Waals surface area contributed by atoms with Crippen LogP contribution >= 0.6 is 35.0 Å². The first-order valence-electron chi connectivity index (χ1n) is 7.85. The quantitative estimate of drug-likeness (QED) is 0.781. The highest BCUT2D eigenvalue weighted by molar-refractivity contribution is 7.98. The van der Waals surface area contributed by atoms with Crippen molar-refractivity contribution in [3.05, 3.63) is 63.4 Å². The van der Waals surface area contributed by atoms with E-state index in [2.05, 4.69) is 10.3 Å². The number of nitrogens with zero attached hydrogens (tertiary/aromatic N) is 1. The first-order chi connectivity index (χ1) is 12.0. The maximum Gasteiger partial charge on any atom is 0.262 e. The molecule has 0 fully saturated rings. The average molecular weight is 399 g/mol. The summed E-state index contributed by atoms with van der Waals surface area (Å²) in [7, 11) is 0. The molecule has 0 saturated carbocycles. The lowest BCUT2D eigenvalue weighted by molar-refractivity contribution is -0.134. The molecule has 1 aliphatic carbocycles. The zero-order valence-electron chi connectivity index (χ0n) is 13.6. The number of carbonyl (C=O) groups is 1. The molecule has 1 aromatic carbocycles. The molecule has 0 radical (unpaired) electrons. The van der Waals surface area contributed by atoms with E-state index in [0.29, 0.717) is 33.3 Å². The fourth-order valence-corrected chi connectivity index (χ4v) is 4.30. The second kappa shape index (κ2) is 7.52. The number of hydrogen-bond donors (Lipinski definition) is 1. The van der Waals surface area contributed by atoms with E-state index in [1.807, 2.05) is 6.26 Å². The molecule has 2 unspecified atom stereocenters. The molecule has 2 aromatic rings. The summed E-state index contributed by atoms with van der Waals surface area (Å²) >= 11 is 13.6. The summed E-state index contributed by atoms with van der Waals surface area (Å²) in [6.07, 6.45) is 4.31. The van der Waals surface area contributed by atoms with Gasteiger partial charge in [-0.3, -0.25) is 9.78 Å². The Hall–Kier alpha value is -1.30. The molecule has 2 atom stereocenters. The number of hydrogen-bond acceptors (Lipinski definition) is 3. The fourth-order valence-electron chi connectivity index (χ4n) is 3.06. The minimum absolute atomic E-state index is 0.110. The third kappa shape index (κ3) is 3.64. The lowest BCUT2D eigenvalue weighted by atomic mass is 9.82. The number of aromatic nitrogens is 1. The number of carbonyl (C=O) groups excluding carboxylic acids is 1. The normalized spacial score (nSPS) is 22.3. The van der Waals surface area contributed by atoms with Gasteiger partial charge in [0.1, 0.15) is 0 Å². The van der Waals surface area contributed by atoms with Gasteiger partial charge in [0, 0.05) is 33.6 Å². The van der Waals surface area contributed by atoms with Crippen LogP contribution in [0, 0.1) is 0 Å². The number of alkyl halides is 1. The molecule has 1 amide bonds. The van der Waals surface area contributed by atoms with Crippen molar-refractivity contribution < 1.29 is 9.18 Å². The van der Waals surface area contributed by atoms with Gasteiger partial charge >= 0.3 is 0 Å². The van der Waals surface area contributed by atoms with Crippen LogP contribution < -0.4 is 5.32 Å². The van der Waals surface area contributed by atoms with E-state index in [4.69, 9.17) is 23.2 Å². The van der Waals surface area contributed by atoms with Crippen LogP contribution in [0.1, 0.15) is 34.9 Å². The molecule has 1 aliphatic rings.